The molecule has 104 valence electrons. The number of carboxylic acid groups (broad SMARTS) is 1. The van der Waals surface area contributed by atoms with Crippen LogP contribution in [-0.2, 0) is 4.74 Å². The Morgan fingerprint density at radius 3 is 2.95 bits per heavy atom. The largest absolute Gasteiger partial charge is 0.478 e. The van der Waals surface area contributed by atoms with Gasteiger partial charge < -0.3 is 9.84 Å². The molecule has 6 nitrogen and oxygen atoms in total. The summed E-state index contributed by atoms with van der Waals surface area (Å²) < 4.78 is 5.90. The van der Waals surface area contributed by atoms with Crippen LogP contribution in [0.25, 0.3) is 10.2 Å². The van der Waals surface area contributed by atoms with Gasteiger partial charge in [0.2, 0.25) is 0 Å². The van der Waals surface area contributed by atoms with E-state index in [2.05, 4.69) is 32.8 Å². The van der Waals surface area contributed by atoms with E-state index in [4.69, 9.17) is 9.84 Å². The van der Waals surface area contributed by atoms with E-state index >= 15 is 0 Å². The number of thiazole rings is 1. The van der Waals surface area contributed by atoms with Gasteiger partial charge in [-0.1, -0.05) is 24.0 Å². The molecular formula is C12H9BrN2O4S. The van der Waals surface area contributed by atoms with Gasteiger partial charge in [-0.2, -0.15) is 0 Å². The van der Waals surface area contributed by atoms with Crippen molar-refractivity contribution in [3.63, 3.8) is 0 Å². The highest BCUT2D eigenvalue weighted by atomic mass is 79.9. The van der Waals surface area contributed by atoms with E-state index in [0.717, 1.165) is 11.3 Å². The molecule has 2 N–H and O–H groups in total. The molecular weight excluding hydrogens is 348 g/mol. The first-order valence-corrected chi connectivity index (χ1v) is 7.01. The molecule has 0 aliphatic heterocycles. The normalized spacial score (nSPS) is 10.2. The van der Waals surface area contributed by atoms with Crippen LogP contribution < -0.4 is 5.32 Å². The Labute approximate surface area is 126 Å². The fourth-order valence-electron chi connectivity index (χ4n) is 1.46. The van der Waals surface area contributed by atoms with Crippen LogP contribution in [0.15, 0.2) is 29.3 Å². The van der Waals surface area contributed by atoms with Crippen LogP contribution in [0, 0.1) is 0 Å². The van der Waals surface area contributed by atoms with Crippen LogP contribution in [0.5, 0.6) is 0 Å². The second-order valence-corrected chi connectivity index (χ2v) is 5.46. The molecule has 20 heavy (non-hydrogen) atoms. The van der Waals surface area contributed by atoms with Crippen molar-refractivity contribution in [1.29, 1.82) is 0 Å². The van der Waals surface area contributed by atoms with Gasteiger partial charge in [-0.25, -0.2) is 14.6 Å². The molecule has 0 aliphatic rings. The number of carbonyl (C=O) groups is 2. The molecule has 1 aromatic heterocycles. The van der Waals surface area contributed by atoms with Gasteiger partial charge >= 0.3 is 12.1 Å². The van der Waals surface area contributed by atoms with Gasteiger partial charge in [-0.05, 0) is 28.1 Å². The standard InChI is InChI=1S/C12H9BrN2O4S/c1-2-5-19-12(18)15-11-14-8-7(13)4-3-6(10(16)17)9(8)20-11/h2-4H,1,5H2,(H,16,17)(H,14,15,18). The minimum Gasteiger partial charge on any atom is -0.478 e. The average Bonchev–Trinajstić information content (AvgIpc) is 2.80. The second-order valence-electron chi connectivity index (χ2n) is 3.61. The number of carboxylic acids is 1. The van der Waals surface area contributed by atoms with E-state index in [9.17, 15) is 9.59 Å². The summed E-state index contributed by atoms with van der Waals surface area (Å²) in [7, 11) is 0. The van der Waals surface area contributed by atoms with Crippen molar-refractivity contribution in [2.24, 2.45) is 0 Å². The smallest absolute Gasteiger partial charge is 0.413 e. The van der Waals surface area contributed by atoms with Gasteiger partial charge in [0.05, 0.1) is 15.8 Å². The lowest BCUT2D eigenvalue weighted by atomic mass is 10.2. The van der Waals surface area contributed by atoms with E-state index in [1.165, 1.54) is 12.1 Å². The molecule has 0 aliphatic carbocycles. The van der Waals surface area contributed by atoms with E-state index in [1.54, 1.807) is 6.07 Å². The molecule has 0 radical (unpaired) electrons. The third-order valence-electron chi connectivity index (χ3n) is 2.27. The third kappa shape index (κ3) is 2.97. The number of nitrogens with one attached hydrogen (secondary N) is 1. The number of fused-ring (bicyclic) bond motifs is 1. The lowest BCUT2D eigenvalue weighted by Crippen LogP contribution is -2.13. The van der Waals surface area contributed by atoms with E-state index in [-0.39, 0.29) is 17.3 Å². The van der Waals surface area contributed by atoms with Gasteiger partial charge in [0.1, 0.15) is 6.61 Å². The minimum absolute atomic E-state index is 0.0841. The number of benzene rings is 1. The summed E-state index contributed by atoms with van der Waals surface area (Å²) in [5.74, 6) is -1.05. The Hall–Kier alpha value is -1.93. The zero-order valence-corrected chi connectivity index (χ0v) is 12.5. The van der Waals surface area contributed by atoms with Crippen LogP contribution >= 0.6 is 27.3 Å². The van der Waals surface area contributed by atoms with Crippen molar-refractivity contribution in [2.45, 2.75) is 0 Å². The Morgan fingerprint density at radius 2 is 2.30 bits per heavy atom. The second kappa shape index (κ2) is 6.02. The van der Waals surface area contributed by atoms with Crippen molar-refractivity contribution >= 4 is 54.7 Å². The highest BCUT2D eigenvalue weighted by Gasteiger charge is 2.16. The molecule has 0 saturated carbocycles. The van der Waals surface area contributed by atoms with Crippen LogP contribution in [0.1, 0.15) is 10.4 Å². The third-order valence-corrected chi connectivity index (χ3v) is 3.91. The molecule has 1 amide bonds. The van der Waals surface area contributed by atoms with E-state index in [1.807, 2.05) is 0 Å². The Kier molecular flexibility index (Phi) is 4.35. The molecule has 2 aromatic rings. The first-order chi connectivity index (χ1) is 9.52. The van der Waals surface area contributed by atoms with Crippen molar-refractivity contribution in [3.8, 4) is 0 Å². The summed E-state index contributed by atoms with van der Waals surface area (Å²) in [4.78, 5) is 26.7. The van der Waals surface area contributed by atoms with Crippen LogP contribution in [0.2, 0.25) is 0 Å². The van der Waals surface area contributed by atoms with Crippen LogP contribution in [0.4, 0.5) is 9.93 Å². The minimum atomic E-state index is -1.05. The molecule has 0 saturated heterocycles. The molecule has 0 unspecified atom stereocenters. The van der Waals surface area contributed by atoms with Crippen molar-refractivity contribution in [2.75, 3.05) is 11.9 Å². The maximum atomic E-state index is 11.4. The summed E-state index contributed by atoms with van der Waals surface area (Å²) in [5.41, 5.74) is 0.613. The maximum absolute atomic E-state index is 11.4. The topological polar surface area (TPSA) is 88.5 Å². The molecule has 0 bridgehead atoms. The number of amides is 1. The number of hydrogen-bond acceptors (Lipinski definition) is 5. The number of carbonyl (C=O) groups excluding carboxylic acids is 1. The van der Waals surface area contributed by atoms with Crippen LogP contribution in [0.3, 0.4) is 0 Å². The lowest BCUT2D eigenvalue weighted by Gasteiger charge is -2.00. The summed E-state index contributed by atoms with van der Waals surface area (Å²) in [6, 6.07) is 3.08. The van der Waals surface area contributed by atoms with Crippen molar-refractivity contribution in [1.82, 2.24) is 4.98 Å². The number of aromatic nitrogens is 1. The van der Waals surface area contributed by atoms with E-state index < -0.39 is 12.1 Å². The molecule has 0 spiro atoms. The van der Waals surface area contributed by atoms with Gasteiger partial charge in [-0.15, -0.1) is 0 Å². The predicted octanol–water partition coefficient (Wildman–Crippen LogP) is 3.49. The van der Waals surface area contributed by atoms with Gasteiger partial charge in [0.15, 0.2) is 5.13 Å². The molecule has 0 atom stereocenters. The summed E-state index contributed by atoms with van der Waals surface area (Å²) >= 11 is 4.36. The monoisotopic (exact) mass is 356 g/mol. The predicted molar refractivity (Wildman–Crippen MR) is 79.4 cm³/mol. The summed E-state index contributed by atoms with van der Waals surface area (Å²) in [6.45, 7) is 3.51. The molecule has 2 rings (SSSR count). The fraction of sp³-hybridized carbons (Fsp3) is 0.0833. The zero-order valence-electron chi connectivity index (χ0n) is 10.1. The first kappa shape index (κ1) is 14.5. The average molecular weight is 357 g/mol. The Morgan fingerprint density at radius 1 is 1.55 bits per heavy atom. The maximum Gasteiger partial charge on any atom is 0.413 e. The molecule has 1 aromatic carbocycles. The number of ether oxygens (including phenoxy) is 1. The zero-order chi connectivity index (χ0) is 14.7. The SMILES string of the molecule is C=CCOC(=O)Nc1nc2c(Br)ccc(C(=O)O)c2s1. The Balaban J connectivity index is 2.35. The molecule has 1 heterocycles. The molecule has 8 heteroatoms. The lowest BCUT2D eigenvalue weighted by molar-refractivity contribution is 0.0699. The Bertz CT molecular complexity index is 698. The quantitative estimate of drug-likeness (QED) is 0.818. The first-order valence-electron chi connectivity index (χ1n) is 5.40. The number of hydrogen-bond donors (Lipinski definition) is 2. The highest BCUT2D eigenvalue weighted by molar-refractivity contribution is 9.10. The number of nitrogens with zero attached hydrogens (tertiary/aromatic N) is 1. The number of halogens is 1. The highest BCUT2D eigenvalue weighted by Crippen LogP contribution is 2.33. The summed E-state index contributed by atoms with van der Waals surface area (Å²) in [6.07, 6.45) is 0.772. The van der Waals surface area contributed by atoms with Gasteiger partial charge in [0.25, 0.3) is 0 Å². The fourth-order valence-corrected chi connectivity index (χ4v) is 2.99. The van der Waals surface area contributed by atoms with Crippen molar-refractivity contribution in [3.05, 3.63) is 34.8 Å². The number of rotatable bonds is 4. The number of anilines is 1. The van der Waals surface area contributed by atoms with Crippen molar-refractivity contribution < 1.29 is 19.4 Å². The summed E-state index contributed by atoms with van der Waals surface area (Å²) in [5, 5.41) is 11.8. The number of aromatic carboxylic acids is 1. The van der Waals surface area contributed by atoms with E-state index in [0.29, 0.717) is 14.7 Å². The molecule has 0 fully saturated rings. The van der Waals surface area contributed by atoms with Gasteiger partial charge in [0, 0.05) is 4.47 Å². The van der Waals surface area contributed by atoms with Crippen LogP contribution in [-0.4, -0.2) is 28.8 Å². The van der Waals surface area contributed by atoms with Gasteiger partial charge in [-0.3, -0.25) is 5.32 Å².